The molecular weight excluding hydrogens is 604 g/mol. The Morgan fingerprint density at radius 2 is 1.76 bits per heavy atom. The number of pyridine rings is 1. The van der Waals surface area contributed by atoms with Gasteiger partial charge in [0.2, 0.25) is 17.7 Å². The molecule has 2 aromatic heterocycles. The number of carbonyl (C=O) groups excluding carboxylic acids is 2. The van der Waals surface area contributed by atoms with Gasteiger partial charge in [0.1, 0.15) is 6.61 Å². The van der Waals surface area contributed by atoms with Crippen LogP contribution in [0.4, 0.5) is 11.6 Å². The molecule has 0 saturated carbocycles. The van der Waals surface area contributed by atoms with Crippen molar-refractivity contribution in [1.29, 1.82) is 0 Å². The smallest absolute Gasteiger partial charge is 0.264 e. The van der Waals surface area contributed by atoms with E-state index in [2.05, 4.69) is 45.8 Å². The van der Waals surface area contributed by atoms with Gasteiger partial charge in [-0.15, -0.1) is 0 Å². The number of hydrogen-bond donors (Lipinski definition) is 2. The molecule has 0 aliphatic carbocycles. The van der Waals surface area contributed by atoms with Crippen LogP contribution in [0.25, 0.3) is 11.3 Å². The van der Waals surface area contributed by atoms with E-state index in [0.717, 1.165) is 16.7 Å². The number of sulfonamides is 1. The van der Waals surface area contributed by atoms with E-state index in [1.54, 1.807) is 35.4 Å². The maximum Gasteiger partial charge on any atom is 0.264 e. The molecule has 12 heteroatoms. The predicted molar refractivity (Wildman–Crippen MR) is 176 cm³/mol. The lowest BCUT2D eigenvalue weighted by Gasteiger charge is -2.36. The van der Waals surface area contributed by atoms with Crippen LogP contribution in [0, 0.1) is 19.3 Å². The Kier molecular flexibility index (Phi) is 9.11. The third-order valence-corrected chi connectivity index (χ3v) is 8.88. The molecule has 2 amide bonds. The molecule has 5 rings (SSSR count). The fraction of sp³-hybridized carbons (Fsp3) is 0.324. The second-order valence-electron chi connectivity index (χ2n) is 12.7. The number of carbonyl (C=O) groups is 2. The maximum atomic E-state index is 14.4. The molecule has 3 heterocycles. The minimum atomic E-state index is -4.20. The molecule has 46 heavy (non-hydrogen) atoms. The number of amides is 2. The summed E-state index contributed by atoms with van der Waals surface area (Å²) < 4.78 is 36.1. The highest BCUT2D eigenvalue weighted by Crippen LogP contribution is 2.32. The van der Waals surface area contributed by atoms with Crippen LogP contribution in [-0.2, 0) is 21.4 Å². The van der Waals surface area contributed by atoms with Crippen molar-refractivity contribution < 1.29 is 22.7 Å². The topological polar surface area (TPSA) is 143 Å². The van der Waals surface area contributed by atoms with Crippen molar-refractivity contribution in [2.24, 2.45) is 5.41 Å². The minimum absolute atomic E-state index is 0.0251. The Balaban J connectivity index is 1.69. The second kappa shape index (κ2) is 12.9. The number of aryl methyl sites for hydroxylation is 2. The summed E-state index contributed by atoms with van der Waals surface area (Å²) in [6, 6.07) is 16.3. The van der Waals surface area contributed by atoms with E-state index in [4.69, 9.17) is 4.74 Å². The van der Waals surface area contributed by atoms with Gasteiger partial charge in [-0.3, -0.25) is 14.6 Å². The fourth-order valence-corrected chi connectivity index (χ4v) is 6.56. The average Bonchev–Trinajstić information content (AvgIpc) is 2.97. The zero-order valence-electron chi connectivity index (χ0n) is 26.8. The van der Waals surface area contributed by atoms with Crippen molar-refractivity contribution in [3.8, 4) is 17.1 Å². The molecule has 0 spiro atoms. The maximum absolute atomic E-state index is 14.4. The number of rotatable bonds is 5. The van der Waals surface area contributed by atoms with Gasteiger partial charge >= 0.3 is 0 Å². The Hall–Kier alpha value is -4.84. The first-order valence-corrected chi connectivity index (χ1v) is 16.4. The zero-order valence-corrected chi connectivity index (χ0v) is 27.6. The number of ether oxygens (including phenoxy) is 1. The lowest BCUT2D eigenvalue weighted by molar-refractivity contribution is -0.114. The highest BCUT2D eigenvalue weighted by molar-refractivity contribution is 7.92. The van der Waals surface area contributed by atoms with Crippen LogP contribution in [0.1, 0.15) is 61.3 Å². The summed E-state index contributed by atoms with van der Waals surface area (Å²) in [7, 11) is -4.20. The first kappa shape index (κ1) is 32.6. The van der Waals surface area contributed by atoms with E-state index in [0.29, 0.717) is 23.5 Å². The number of nitrogens with zero attached hydrogens (tertiary/aromatic N) is 4. The summed E-state index contributed by atoms with van der Waals surface area (Å²) in [5, 5.41) is 2.79. The molecule has 0 unspecified atom stereocenters. The summed E-state index contributed by atoms with van der Waals surface area (Å²) in [6.07, 6.45) is 2.12. The number of benzene rings is 2. The minimum Gasteiger partial charge on any atom is -0.475 e. The summed E-state index contributed by atoms with van der Waals surface area (Å²) >= 11 is 0. The van der Waals surface area contributed by atoms with E-state index >= 15 is 0 Å². The van der Waals surface area contributed by atoms with Crippen molar-refractivity contribution in [3.05, 3.63) is 89.2 Å². The van der Waals surface area contributed by atoms with Gasteiger partial charge in [-0.25, -0.2) is 18.1 Å². The van der Waals surface area contributed by atoms with Crippen LogP contribution in [0.15, 0.2) is 71.8 Å². The molecule has 2 aromatic carbocycles. The van der Waals surface area contributed by atoms with Crippen LogP contribution in [0.3, 0.4) is 0 Å². The standard InChI is InChI=1S/C34H38N6O5S/c1-21-10-7-11-22(2)31(21)28-17-30-38-33(37-28)39-46(43,44)26-13-8-12-24(16-26)32(42)40(25(20-45-30)18-34(4,5)6)19-29-27(36-23(3)41)14-9-15-35-29/h7-17,25H,18-20H2,1-6H3,(H,36,41)(H,37,38,39)/t25-/m1/s1. The third-order valence-electron chi connectivity index (χ3n) is 7.55. The summed E-state index contributed by atoms with van der Waals surface area (Å²) in [5.74, 6) is -0.685. The van der Waals surface area contributed by atoms with E-state index in [1.165, 1.54) is 25.1 Å². The lowest BCUT2D eigenvalue weighted by Crippen LogP contribution is -2.45. The van der Waals surface area contributed by atoms with Gasteiger partial charge in [-0.1, -0.05) is 45.0 Å². The molecule has 4 bridgehead atoms. The predicted octanol–water partition coefficient (Wildman–Crippen LogP) is 5.75. The summed E-state index contributed by atoms with van der Waals surface area (Å²) in [4.78, 5) is 41.4. The Labute approximate surface area is 269 Å². The molecule has 1 aliphatic heterocycles. The first-order valence-electron chi connectivity index (χ1n) is 14.9. The van der Waals surface area contributed by atoms with E-state index in [1.807, 2.05) is 32.0 Å². The third kappa shape index (κ3) is 7.51. The van der Waals surface area contributed by atoms with Gasteiger partial charge in [-0.05, 0) is 67.1 Å². The Bertz CT molecular complexity index is 1880. The van der Waals surface area contributed by atoms with Crippen LogP contribution in [-0.4, -0.2) is 52.7 Å². The van der Waals surface area contributed by atoms with Gasteiger partial charge in [0.15, 0.2) is 0 Å². The molecule has 2 N–H and O–H groups in total. The van der Waals surface area contributed by atoms with Gasteiger partial charge in [0.25, 0.3) is 15.9 Å². The Morgan fingerprint density at radius 3 is 2.46 bits per heavy atom. The van der Waals surface area contributed by atoms with Gasteiger partial charge in [0.05, 0.1) is 34.6 Å². The zero-order chi connectivity index (χ0) is 33.2. The van der Waals surface area contributed by atoms with Gasteiger partial charge in [-0.2, -0.15) is 4.98 Å². The second-order valence-corrected chi connectivity index (χ2v) is 14.3. The molecule has 4 aromatic rings. The van der Waals surface area contributed by atoms with E-state index < -0.39 is 22.0 Å². The molecule has 0 fully saturated rings. The monoisotopic (exact) mass is 642 g/mol. The molecule has 240 valence electrons. The SMILES string of the molecule is CC(=O)Nc1cccnc1CN1C(=O)c2cccc(c2)S(=O)(=O)Nc2nc(cc(-c3c(C)cccc3C)n2)OC[C@H]1CC(C)(C)C. The van der Waals surface area contributed by atoms with Crippen LogP contribution >= 0.6 is 0 Å². The molecule has 11 nitrogen and oxygen atoms in total. The van der Waals surface area contributed by atoms with Crippen LogP contribution < -0.4 is 14.8 Å². The number of anilines is 2. The normalized spacial score (nSPS) is 16.3. The molecule has 0 radical (unpaired) electrons. The molecule has 1 atom stereocenters. The lowest BCUT2D eigenvalue weighted by atomic mass is 9.87. The average molecular weight is 643 g/mol. The summed E-state index contributed by atoms with van der Waals surface area (Å²) in [6.45, 7) is 11.6. The molecule has 0 saturated heterocycles. The summed E-state index contributed by atoms with van der Waals surface area (Å²) in [5.41, 5.74) is 4.12. The van der Waals surface area contributed by atoms with Crippen LogP contribution in [0.2, 0.25) is 0 Å². The Morgan fingerprint density at radius 1 is 1.04 bits per heavy atom. The fourth-order valence-electron chi connectivity index (χ4n) is 5.58. The molecule has 1 aliphatic rings. The van der Waals surface area contributed by atoms with Crippen molar-refractivity contribution in [2.45, 2.75) is 65.4 Å². The number of aromatic nitrogens is 3. The first-order chi connectivity index (χ1) is 21.7. The number of hydrogen-bond acceptors (Lipinski definition) is 8. The van der Waals surface area contributed by atoms with E-state index in [9.17, 15) is 18.0 Å². The van der Waals surface area contributed by atoms with Crippen molar-refractivity contribution in [3.63, 3.8) is 0 Å². The number of fused-ring (bicyclic) bond motifs is 4. The van der Waals surface area contributed by atoms with E-state index in [-0.39, 0.29) is 46.8 Å². The van der Waals surface area contributed by atoms with Crippen molar-refractivity contribution in [2.75, 3.05) is 16.6 Å². The van der Waals surface area contributed by atoms with Crippen molar-refractivity contribution in [1.82, 2.24) is 19.9 Å². The van der Waals surface area contributed by atoms with Crippen molar-refractivity contribution >= 4 is 33.5 Å². The highest BCUT2D eigenvalue weighted by Gasteiger charge is 2.32. The number of nitrogens with one attached hydrogen (secondary N) is 2. The van der Waals surface area contributed by atoms with Gasteiger partial charge < -0.3 is 15.0 Å². The quantitative estimate of drug-likeness (QED) is 0.280. The highest BCUT2D eigenvalue weighted by atomic mass is 32.2. The largest absolute Gasteiger partial charge is 0.475 e. The van der Waals surface area contributed by atoms with Gasteiger partial charge in [0, 0.05) is 30.3 Å². The molecular formula is C34H38N6O5S. The van der Waals surface area contributed by atoms with Crippen LogP contribution in [0.5, 0.6) is 5.88 Å².